The number of rotatable bonds is 3. The lowest BCUT2D eigenvalue weighted by atomic mass is 10.1. The number of hydrogen-bond acceptors (Lipinski definition) is 5. The molecule has 0 bridgehead atoms. The molecule has 0 aliphatic rings. The Labute approximate surface area is 132 Å². The van der Waals surface area contributed by atoms with Crippen LogP contribution in [-0.4, -0.2) is 19.6 Å². The van der Waals surface area contributed by atoms with Crippen molar-refractivity contribution in [2.45, 2.75) is 0 Å². The number of nitrogens with two attached hydrogens (primary N) is 1. The second-order valence-corrected chi connectivity index (χ2v) is 5.05. The molecule has 0 amide bonds. The molecule has 23 heavy (non-hydrogen) atoms. The van der Waals surface area contributed by atoms with Crippen LogP contribution >= 0.6 is 0 Å². The van der Waals surface area contributed by atoms with E-state index in [4.69, 9.17) is 5.84 Å². The number of pyridine rings is 1. The zero-order chi connectivity index (χ0) is 15.6. The average molecular weight is 302 g/mol. The number of aromatic nitrogens is 4. The van der Waals surface area contributed by atoms with Gasteiger partial charge in [-0.15, -0.1) is 0 Å². The van der Waals surface area contributed by atoms with Crippen molar-refractivity contribution >= 4 is 11.5 Å². The van der Waals surface area contributed by atoms with Crippen LogP contribution in [0.5, 0.6) is 0 Å². The average Bonchev–Trinajstić information content (AvgIpc) is 3.06. The van der Waals surface area contributed by atoms with Crippen molar-refractivity contribution < 1.29 is 0 Å². The molecule has 6 nitrogen and oxygen atoms in total. The summed E-state index contributed by atoms with van der Waals surface area (Å²) < 4.78 is 1.68. The molecule has 4 rings (SSSR count). The number of fused-ring (bicyclic) bond motifs is 1. The van der Waals surface area contributed by atoms with Gasteiger partial charge in [0.1, 0.15) is 11.5 Å². The first-order chi connectivity index (χ1) is 11.3. The normalized spacial score (nSPS) is 10.8. The zero-order valence-corrected chi connectivity index (χ0v) is 12.2. The monoisotopic (exact) mass is 302 g/mol. The van der Waals surface area contributed by atoms with Gasteiger partial charge >= 0.3 is 0 Å². The smallest absolute Gasteiger partial charge is 0.158 e. The Hall–Kier alpha value is -3.25. The highest BCUT2D eigenvalue weighted by molar-refractivity contribution is 5.69. The van der Waals surface area contributed by atoms with Gasteiger partial charge in [0.25, 0.3) is 0 Å². The van der Waals surface area contributed by atoms with Crippen molar-refractivity contribution in [3.63, 3.8) is 0 Å². The zero-order valence-electron chi connectivity index (χ0n) is 12.2. The van der Waals surface area contributed by atoms with Gasteiger partial charge in [-0.3, -0.25) is 4.98 Å². The van der Waals surface area contributed by atoms with Crippen LogP contribution in [0.25, 0.3) is 28.3 Å². The number of nitrogen functional groups attached to an aromatic ring is 1. The second-order valence-electron chi connectivity index (χ2n) is 5.05. The van der Waals surface area contributed by atoms with E-state index in [1.54, 1.807) is 10.7 Å². The lowest BCUT2D eigenvalue weighted by molar-refractivity contribution is 0.938. The predicted molar refractivity (Wildman–Crippen MR) is 89.5 cm³/mol. The molecule has 0 radical (unpaired) electrons. The highest BCUT2D eigenvalue weighted by Gasteiger charge is 2.11. The molecule has 0 spiro atoms. The molecule has 0 saturated heterocycles. The molecule has 0 fully saturated rings. The molecule has 3 aromatic heterocycles. The second kappa shape index (κ2) is 5.51. The minimum Gasteiger partial charge on any atom is -0.308 e. The SMILES string of the molecule is NNc1cc(-c2ccccc2)nc2cc(-c3ccccn3)nn12. The summed E-state index contributed by atoms with van der Waals surface area (Å²) in [5.41, 5.74) is 6.79. The third-order valence-electron chi connectivity index (χ3n) is 3.57. The number of hydrogen-bond donors (Lipinski definition) is 2. The fourth-order valence-electron chi connectivity index (χ4n) is 2.47. The van der Waals surface area contributed by atoms with Gasteiger partial charge in [0, 0.05) is 23.9 Å². The molecule has 6 heteroatoms. The topological polar surface area (TPSA) is 81.1 Å². The predicted octanol–water partition coefficient (Wildman–Crippen LogP) is 2.74. The van der Waals surface area contributed by atoms with E-state index in [1.807, 2.05) is 60.7 Å². The third-order valence-corrected chi connectivity index (χ3v) is 3.57. The molecule has 0 unspecified atom stereocenters. The molecule has 0 aliphatic carbocycles. The van der Waals surface area contributed by atoms with Crippen molar-refractivity contribution in [1.29, 1.82) is 0 Å². The number of benzene rings is 1. The molecule has 1 aromatic carbocycles. The Morgan fingerprint density at radius 1 is 0.870 bits per heavy atom. The first-order valence-corrected chi connectivity index (χ1v) is 7.19. The maximum absolute atomic E-state index is 5.66. The van der Waals surface area contributed by atoms with Gasteiger partial charge < -0.3 is 5.43 Å². The fourth-order valence-corrected chi connectivity index (χ4v) is 2.47. The van der Waals surface area contributed by atoms with Crippen LogP contribution in [0.4, 0.5) is 5.82 Å². The summed E-state index contributed by atoms with van der Waals surface area (Å²) in [5.74, 6) is 6.32. The fraction of sp³-hybridized carbons (Fsp3) is 0. The molecule has 4 aromatic rings. The van der Waals surface area contributed by atoms with E-state index >= 15 is 0 Å². The van der Waals surface area contributed by atoms with Crippen molar-refractivity contribution in [3.05, 3.63) is 66.9 Å². The van der Waals surface area contributed by atoms with Crippen LogP contribution in [0.3, 0.4) is 0 Å². The van der Waals surface area contributed by atoms with Gasteiger partial charge in [-0.05, 0) is 12.1 Å². The van der Waals surface area contributed by atoms with Crippen LogP contribution in [0.2, 0.25) is 0 Å². The molecule has 0 aliphatic heterocycles. The van der Waals surface area contributed by atoms with Crippen molar-refractivity contribution in [2.75, 3.05) is 5.43 Å². The Morgan fingerprint density at radius 2 is 1.70 bits per heavy atom. The van der Waals surface area contributed by atoms with Gasteiger partial charge in [-0.1, -0.05) is 36.4 Å². The number of hydrazine groups is 1. The summed E-state index contributed by atoms with van der Waals surface area (Å²) in [6, 6.07) is 19.4. The number of nitrogens with zero attached hydrogens (tertiary/aromatic N) is 4. The van der Waals surface area contributed by atoms with Gasteiger partial charge in [0.15, 0.2) is 5.65 Å². The summed E-state index contributed by atoms with van der Waals surface area (Å²) in [4.78, 5) is 9.00. The largest absolute Gasteiger partial charge is 0.308 e. The Bertz CT molecular complexity index is 947. The van der Waals surface area contributed by atoms with E-state index in [0.717, 1.165) is 22.6 Å². The first kappa shape index (κ1) is 13.4. The summed E-state index contributed by atoms with van der Waals surface area (Å²) >= 11 is 0. The van der Waals surface area contributed by atoms with Crippen LogP contribution in [0, 0.1) is 0 Å². The lowest BCUT2D eigenvalue weighted by Crippen LogP contribution is -2.12. The van der Waals surface area contributed by atoms with Crippen molar-refractivity contribution in [1.82, 2.24) is 19.6 Å². The summed E-state index contributed by atoms with van der Waals surface area (Å²) in [6.07, 6.45) is 1.74. The Morgan fingerprint density at radius 3 is 2.43 bits per heavy atom. The third kappa shape index (κ3) is 2.41. The standard InChI is InChI=1S/C17H14N6/c18-21-17-10-14(12-6-2-1-3-7-12)20-16-11-15(22-23(16)17)13-8-4-5-9-19-13/h1-11,21H,18H2. The van der Waals surface area contributed by atoms with E-state index in [-0.39, 0.29) is 0 Å². The van der Waals surface area contributed by atoms with Crippen LogP contribution in [0.15, 0.2) is 66.9 Å². The molecular weight excluding hydrogens is 288 g/mol. The molecule has 3 N–H and O–H groups in total. The number of anilines is 1. The van der Waals surface area contributed by atoms with Crippen LogP contribution in [-0.2, 0) is 0 Å². The Kier molecular flexibility index (Phi) is 3.21. The quantitative estimate of drug-likeness (QED) is 0.449. The maximum atomic E-state index is 5.66. The molecule has 3 heterocycles. The van der Waals surface area contributed by atoms with Crippen molar-refractivity contribution in [2.24, 2.45) is 5.84 Å². The maximum Gasteiger partial charge on any atom is 0.158 e. The van der Waals surface area contributed by atoms with Crippen LogP contribution < -0.4 is 11.3 Å². The highest BCUT2D eigenvalue weighted by Crippen LogP contribution is 2.24. The Balaban J connectivity index is 1.90. The summed E-state index contributed by atoms with van der Waals surface area (Å²) in [5, 5.41) is 4.54. The highest BCUT2D eigenvalue weighted by atomic mass is 15.4. The van der Waals surface area contributed by atoms with Crippen molar-refractivity contribution in [3.8, 4) is 22.6 Å². The first-order valence-electron chi connectivity index (χ1n) is 7.19. The van der Waals surface area contributed by atoms with E-state index in [0.29, 0.717) is 11.5 Å². The molecule has 112 valence electrons. The number of nitrogens with one attached hydrogen (secondary N) is 1. The minimum atomic E-state index is 0.663. The minimum absolute atomic E-state index is 0.663. The van der Waals surface area contributed by atoms with E-state index in [9.17, 15) is 0 Å². The molecular formula is C17H14N6. The molecule has 0 saturated carbocycles. The van der Waals surface area contributed by atoms with E-state index in [2.05, 4.69) is 20.5 Å². The summed E-state index contributed by atoms with van der Waals surface area (Å²) in [7, 11) is 0. The summed E-state index contributed by atoms with van der Waals surface area (Å²) in [6.45, 7) is 0. The van der Waals surface area contributed by atoms with Gasteiger partial charge in [-0.2, -0.15) is 9.61 Å². The van der Waals surface area contributed by atoms with Crippen LogP contribution in [0.1, 0.15) is 0 Å². The van der Waals surface area contributed by atoms with Gasteiger partial charge in [0.05, 0.1) is 11.4 Å². The lowest BCUT2D eigenvalue weighted by Gasteiger charge is -2.07. The van der Waals surface area contributed by atoms with Gasteiger partial charge in [-0.25, -0.2) is 10.8 Å². The van der Waals surface area contributed by atoms with Gasteiger partial charge in [0.2, 0.25) is 0 Å². The molecule has 0 atom stereocenters. The van der Waals surface area contributed by atoms with E-state index < -0.39 is 0 Å². The van der Waals surface area contributed by atoms with E-state index in [1.165, 1.54) is 0 Å².